The van der Waals surface area contributed by atoms with Gasteiger partial charge in [-0.3, -0.25) is 0 Å². The maximum atomic E-state index is 11.6. The molecule has 6 nitrogen and oxygen atoms in total. The van der Waals surface area contributed by atoms with E-state index in [9.17, 15) is 13.2 Å². The van der Waals surface area contributed by atoms with Crippen molar-refractivity contribution in [3.05, 3.63) is 35.7 Å². The van der Waals surface area contributed by atoms with Crippen molar-refractivity contribution in [3.8, 4) is 11.5 Å². The molecule has 102 valence electrons. The van der Waals surface area contributed by atoms with Gasteiger partial charge < -0.3 is 14.8 Å². The Bertz CT molecular complexity index is 608. The highest BCUT2D eigenvalue weighted by Crippen LogP contribution is 2.19. The molecule has 0 saturated carbocycles. The van der Waals surface area contributed by atoms with E-state index in [1.165, 1.54) is 13.2 Å². The van der Waals surface area contributed by atoms with Crippen LogP contribution in [0.2, 0.25) is 0 Å². The summed E-state index contributed by atoms with van der Waals surface area (Å²) < 4.78 is 32.4. The van der Waals surface area contributed by atoms with E-state index in [0.717, 1.165) is 5.41 Å². The van der Waals surface area contributed by atoms with E-state index in [1.807, 2.05) is 0 Å². The van der Waals surface area contributed by atoms with Gasteiger partial charge in [-0.15, -0.1) is 0 Å². The molecule has 0 fully saturated rings. The number of sulfone groups is 1. The van der Waals surface area contributed by atoms with Gasteiger partial charge in [-0.25, -0.2) is 13.2 Å². The number of nitrogens with one attached hydrogen (secondary N) is 1. The molecule has 1 N–H and O–H groups in total. The molecule has 2 rings (SSSR count). The summed E-state index contributed by atoms with van der Waals surface area (Å²) in [5, 5.41) is 3.54. The monoisotopic (exact) mass is 283 g/mol. The van der Waals surface area contributed by atoms with E-state index in [0.29, 0.717) is 11.5 Å². The SMILES string of the molecule is COc1cccc(OC(=O)NC2C=CS(=O)(=O)C2)c1. The Morgan fingerprint density at radius 1 is 1.37 bits per heavy atom. The van der Waals surface area contributed by atoms with Gasteiger partial charge in [0.1, 0.15) is 11.5 Å². The van der Waals surface area contributed by atoms with Crippen LogP contribution in [0.15, 0.2) is 35.7 Å². The molecule has 0 aliphatic carbocycles. The normalized spacial score (nSPS) is 19.9. The predicted molar refractivity (Wildman–Crippen MR) is 68.9 cm³/mol. The summed E-state index contributed by atoms with van der Waals surface area (Å²) in [5.41, 5.74) is 0. The van der Waals surface area contributed by atoms with Gasteiger partial charge >= 0.3 is 6.09 Å². The summed E-state index contributed by atoms with van der Waals surface area (Å²) in [4.78, 5) is 11.6. The molecule has 1 aromatic rings. The van der Waals surface area contributed by atoms with E-state index in [-0.39, 0.29) is 5.75 Å². The highest BCUT2D eigenvalue weighted by Gasteiger charge is 2.23. The van der Waals surface area contributed by atoms with Crippen LogP contribution in [-0.4, -0.2) is 33.4 Å². The van der Waals surface area contributed by atoms with Gasteiger partial charge in [0.25, 0.3) is 0 Å². The second-order valence-corrected chi connectivity index (χ2v) is 5.91. The third-order valence-electron chi connectivity index (χ3n) is 2.49. The molecule has 1 heterocycles. The molecule has 19 heavy (non-hydrogen) atoms. The molecule has 1 atom stereocenters. The third-order valence-corrected chi connectivity index (χ3v) is 3.88. The van der Waals surface area contributed by atoms with Crippen molar-refractivity contribution in [3.63, 3.8) is 0 Å². The van der Waals surface area contributed by atoms with Crippen LogP contribution < -0.4 is 14.8 Å². The van der Waals surface area contributed by atoms with Gasteiger partial charge in [-0.1, -0.05) is 6.07 Å². The second kappa shape index (κ2) is 5.31. The zero-order valence-corrected chi connectivity index (χ0v) is 11.0. The maximum absolute atomic E-state index is 11.6. The van der Waals surface area contributed by atoms with Gasteiger partial charge in [0, 0.05) is 11.5 Å². The lowest BCUT2D eigenvalue weighted by molar-refractivity contribution is 0.199. The first-order chi connectivity index (χ1) is 8.98. The Labute approximate surface area is 110 Å². The largest absolute Gasteiger partial charge is 0.497 e. The standard InChI is InChI=1S/C12H13NO5S/c1-17-10-3-2-4-11(7-10)18-12(14)13-9-5-6-19(15,16)8-9/h2-7,9H,8H2,1H3,(H,13,14). The lowest BCUT2D eigenvalue weighted by atomic mass is 10.3. The fourth-order valence-electron chi connectivity index (χ4n) is 1.62. The fraction of sp³-hybridized carbons (Fsp3) is 0.250. The van der Waals surface area contributed by atoms with E-state index in [4.69, 9.17) is 9.47 Å². The summed E-state index contributed by atoms with van der Waals surface area (Å²) in [6.07, 6.45) is 0.710. The van der Waals surface area contributed by atoms with E-state index < -0.39 is 22.0 Å². The minimum Gasteiger partial charge on any atom is -0.497 e. The summed E-state index contributed by atoms with van der Waals surface area (Å²) in [6, 6.07) is 6.01. The summed E-state index contributed by atoms with van der Waals surface area (Å²) >= 11 is 0. The van der Waals surface area contributed by atoms with Gasteiger partial charge in [0.2, 0.25) is 0 Å². The van der Waals surface area contributed by atoms with Gasteiger partial charge in [0.15, 0.2) is 9.84 Å². The van der Waals surface area contributed by atoms with E-state index >= 15 is 0 Å². The van der Waals surface area contributed by atoms with Crippen molar-refractivity contribution >= 4 is 15.9 Å². The topological polar surface area (TPSA) is 81.7 Å². The molecular formula is C12H13NO5S. The summed E-state index contributed by atoms with van der Waals surface area (Å²) in [7, 11) is -1.69. The van der Waals surface area contributed by atoms with Crippen molar-refractivity contribution in [2.45, 2.75) is 6.04 Å². The van der Waals surface area contributed by atoms with Crippen LogP contribution in [0.3, 0.4) is 0 Å². The Kier molecular flexibility index (Phi) is 3.75. The molecule has 0 aromatic heterocycles. The van der Waals surface area contributed by atoms with Gasteiger partial charge in [-0.2, -0.15) is 0 Å². The van der Waals surface area contributed by atoms with Crippen LogP contribution in [0.25, 0.3) is 0 Å². The van der Waals surface area contributed by atoms with Crippen LogP contribution >= 0.6 is 0 Å². The summed E-state index contributed by atoms with van der Waals surface area (Å²) in [6.45, 7) is 0. The number of amides is 1. The molecule has 1 aliphatic heterocycles. The van der Waals surface area contributed by atoms with Crippen molar-refractivity contribution in [2.24, 2.45) is 0 Å². The molecule has 7 heteroatoms. The molecule has 0 spiro atoms. The van der Waals surface area contributed by atoms with Crippen LogP contribution in [0.5, 0.6) is 11.5 Å². The first kappa shape index (κ1) is 13.4. The highest BCUT2D eigenvalue weighted by molar-refractivity contribution is 7.94. The lowest BCUT2D eigenvalue weighted by Gasteiger charge is -2.10. The first-order valence-corrected chi connectivity index (χ1v) is 7.23. The Morgan fingerprint density at radius 2 is 2.11 bits per heavy atom. The summed E-state index contributed by atoms with van der Waals surface area (Å²) in [5.74, 6) is 0.746. The molecule has 1 amide bonds. The molecule has 0 bridgehead atoms. The molecule has 0 saturated heterocycles. The van der Waals surface area contributed by atoms with Crippen molar-refractivity contribution in [1.82, 2.24) is 5.32 Å². The zero-order valence-electron chi connectivity index (χ0n) is 10.2. The van der Waals surface area contributed by atoms with Gasteiger partial charge in [-0.05, 0) is 18.2 Å². The lowest BCUT2D eigenvalue weighted by Crippen LogP contribution is -2.37. The fourth-order valence-corrected chi connectivity index (χ4v) is 2.85. The predicted octanol–water partition coefficient (Wildman–Crippen LogP) is 1.09. The minimum atomic E-state index is -3.20. The van der Waals surface area contributed by atoms with Crippen LogP contribution in [0.1, 0.15) is 0 Å². The zero-order chi connectivity index (χ0) is 13.9. The second-order valence-electron chi connectivity index (χ2n) is 3.98. The Morgan fingerprint density at radius 3 is 2.74 bits per heavy atom. The number of hydrogen-bond acceptors (Lipinski definition) is 5. The molecular weight excluding hydrogens is 270 g/mol. The smallest absolute Gasteiger partial charge is 0.413 e. The van der Waals surface area contributed by atoms with Crippen LogP contribution in [0.4, 0.5) is 4.79 Å². The molecule has 1 unspecified atom stereocenters. The molecule has 1 aromatic carbocycles. The highest BCUT2D eigenvalue weighted by atomic mass is 32.2. The van der Waals surface area contributed by atoms with Crippen molar-refractivity contribution in [2.75, 3.05) is 12.9 Å². The first-order valence-electron chi connectivity index (χ1n) is 5.52. The Balaban J connectivity index is 1.93. The number of ether oxygens (including phenoxy) is 2. The van der Waals surface area contributed by atoms with E-state index in [2.05, 4.69) is 5.32 Å². The van der Waals surface area contributed by atoms with Crippen LogP contribution in [-0.2, 0) is 9.84 Å². The number of methoxy groups -OCH3 is 1. The minimum absolute atomic E-state index is 0.139. The van der Waals surface area contributed by atoms with Gasteiger partial charge in [0.05, 0.1) is 18.9 Å². The maximum Gasteiger partial charge on any atom is 0.413 e. The third kappa shape index (κ3) is 3.72. The average molecular weight is 283 g/mol. The van der Waals surface area contributed by atoms with Crippen LogP contribution in [0, 0.1) is 0 Å². The average Bonchev–Trinajstić information content (AvgIpc) is 2.68. The molecule has 0 radical (unpaired) electrons. The van der Waals surface area contributed by atoms with Crippen molar-refractivity contribution in [1.29, 1.82) is 0 Å². The number of hydrogen-bond donors (Lipinski definition) is 1. The number of carbonyl (C=O) groups is 1. The number of rotatable bonds is 3. The number of carbonyl (C=O) groups excluding carboxylic acids is 1. The molecule has 1 aliphatic rings. The quantitative estimate of drug-likeness (QED) is 0.898. The Hall–Kier alpha value is -2.02. The number of benzene rings is 1. The van der Waals surface area contributed by atoms with E-state index in [1.54, 1.807) is 24.3 Å². The van der Waals surface area contributed by atoms with Crippen molar-refractivity contribution < 1.29 is 22.7 Å².